The van der Waals surface area contributed by atoms with Crippen molar-refractivity contribution in [1.82, 2.24) is 5.16 Å². The lowest BCUT2D eigenvalue weighted by atomic mass is 10.0. The number of carbonyl (C=O) groups is 1. The average Bonchev–Trinajstić information content (AvgIpc) is 2.75. The van der Waals surface area contributed by atoms with Gasteiger partial charge in [0.1, 0.15) is 11.3 Å². The Morgan fingerprint density at radius 2 is 2.05 bits per heavy atom. The predicted octanol–water partition coefficient (Wildman–Crippen LogP) is 3.52. The molecule has 0 spiro atoms. The van der Waals surface area contributed by atoms with E-state index in [0.717, 1.165) is 12.1 Å². The Labute approximate surface area is 114 Å². The van der Waals surface area contributed by atoms with Crippen LogP contribution in [-0.4, -0.2) is 16.2 Å². The van der Waals surface area contributed by atoms with Gasteiger partial charge in [0.25, 0.3) is 0 Å². The first-order valence-electron chi connectivity index (χ1n) is 6.07. The van der Waals surface area contributed by atoms with E-state index in [1.165, 1.54) is 6.07 Å². The molecule has 2 aromatic rings. The van der Waals surface area contributed by atoms with E-state index < -0.39 is 17.6 Å². The van der Waals surface area contributed by atoms with Gasteiger partial charge in [0.15, 0.2) is 17.4 Å². The first-order valence-corrected chi connectivity index (χ1v) is 6.07. The quantitative estimate of drug-likeness (QED) is 0.931. The summed E-state index contributed by atoms with van der Waals surface area (Å²) in [5, 5.41) is 13.0. The highest BCUT2D eigenvalue weighted by Gasteiger charge is 2.24. The van der Waals surface area contributed by atoms with E-state index in [-0.39, 0.29) is 28.5 Å². The normalized spacial score (nSPS) is 11.1. The Balaban J connectivity index is 2.53. The van der Waals surface area contributed by atoms with Crippen LogP contribution in [0, 0.1) is 17.6 Å². The molecule has 4 nitrogen and oxygen atoms in total. The second-order valence-corrected chi connectivity index (χ2v) is 4.86. The number of carboxylic acid groups (broad SMARTS) is 1. The van der Waals surface area contributed by atoms with E-state index in [1.54, 1.807) is 0 Å². The lowest BCUT2D eigenvalue weighted by molar-refractivity contribution is 0.0695. The number of benzene rings is 1. The van der Waals surface area contributed by atoms with E-state index >= 15 is 0 Å². The van der Waals surface area contributed by atoms with Crippen LogP contribution in [0.25, 0.3) is 11.3 Å². The molecule has 0 amide bonds. The molecule has 0 radical (unpaired) electrons. The number of carboxylic acids is 1. The molecular weight excluding hydrogens is 268 g/mol. The van der Waals surface area contributed by atoms with Crippen molar-refractivity contribution >= 4 is 5.97 Å². The summed E-state index contributed by atoms with van der Waals surface area (Å²) < 4.78 is 31.2. The molecule has 0 unspecified atom stereocenters. The fourth-order valence-electron chi connectivity index (χ4n) is 1.90. The highest BCUT2D eigenvalue weighted by Crippen LogP contribution is 2.28. The van der Waals surface area contributed by atoms with Crippen LogP contribution in [0.2, 0.25) is 0 Å². The monoisotopic (exact) mass is 281 g/mol. The molecule has 0 aliphatic carbocycles. The highest BCUT2D eigenvalue weighted by atomic mass is 19.2. The van der Waals surface area contributed by atoms with Gasteiger partial charge in [-0.3, -0.25) is 0 Å². The van der Waals surface area contributed by atoms with Crippen LogP contribution in [0.1, 0.15) is 30.0 Å². The number of aromatic nitrogens is 1. The van der Waals surface area contributed by atoms with E-state index in [2.05, 4.69) is 5.16 Å². The van der Waals surface area contributed by atoms with Crippen molar-refractivity contribution in [3.05, 3.63) is 41.2 Å². The molecule has 2 rings (SSSR count). The molecular formula is C14H13F2NO3. The molecule has 0 aliphatic heterocycles. The molecule has 106 valence electrons. The minimum atomic E-state index is -1.21. The summed E-state index contributed by atoms with van der Waals surface area (Å²) in [6.07, 6.45) is 0.401. The van der Waals surface area contributed by atoms with Gasteiger partial charge >= 0.3 is 5.97 Å². The van der Waals surface area contributed by atoms with Crippen LogP contribution in [-0.2, 0) is 6.42 Å². The zero-order valence-electron chi connectivity index (χ0n) is 11.0. The van der Waals surface area contributed by atoms with Gasteiger partial charge in [-0.25, -0.2) is 13.6 Å². The van der Waals surface area contributed by atoms with Crippen molar-refractivity contribution in [2.45, 2.75) is 20.3 Å². The fraction of sp³-hybridized carbons (Fsp3) is 0.286. The Morgan fingerprint density at radius 3 is 2.60 bits per heavy atom. The fourth-order valence-corrected chi connectivity index (χ4v) is 1.90. The minimum absolute atomic E-state index is 0.00653. The topological polar surface area (TPSA) is 63.3 Å². The van der Waals surface area contributed by atoms with Gasteiger partial charge in [-0.2, -0.15) is 0 Å². The molecule has 0 aliphatic rings. The van der Waals surface area contributed by atoms with Crippen molar-refractivity contribution in [2.75, 3.05) is 0 Å². The van der Waals surface area contributed by atoms with E-state index in [9.17, 15) is 18.7 Å². The predicted molar refractivity (Wildman–Crippen MR) is 67.4 cm³/mol. The van der Waals surface area contributed by atoms with Crippen LogP contribution >= 0.6 is 0 Å². The van der Waals surface area contributed by atoms with Crippen molar-refractivity contribution in [3.8, 4) is 11.3 Å². The van der Waals surface area contributed by atoms with E-state index in [1.807, 2.05) is 13.8 Å². The SMILES string of the molecule is CC(C)Cc1onc(-c2ccc(F)c(F)c2)c1C(=O)O. The number of halogens is 2. The summed E-state index contributed by atoms with van der Waals surface area (Å²) in [5.74, 6) is -2.86. The van der Waals surface area contributed by atoms with Gasteiger partial charge in [0.05, 0.1) is 0 Å². The number of hydrogen-bond donors (Lipinski definition) is 1. The summed E-state index contributed by atoms with van der Waals surface area (Å²) in [5.41, 5.74) is 0.0665. The molecule has 0 bridgehead atoms. The molecule has 20 heavy (non-hydrogen) atoms. The molecule has 1 aromatic carbocycles. The Hall–Kier alpha value is -2.24. The molecule has 1 aromatic heterocycles. The van der Waals surface area contributed by atoms with Crippen molar-refractivity contribution < 1.29 is 23.2 Å². The van der Waals surface area contributed by atoms with Gasteiger partial charge in [-0.1, -0.05) is 19.0 Å². The lowest BCUT2D eigenvalue weighted by Crippen LogP contribution is -2.04. The molecule has 6 heteroatoms. The molecule has 0 saturated heterocycles. The second-order valence-electron chi connectivity index (χ2n) is 4.86. The molecule has 0 atom stereocenters. The van der Waals surface area contributed by atoms with Crippen LogP contribution in [0.3, 0.4) is 0 Å². The van der Waals surface area contributed by atoms with Crippen LogP contribution in [0.5, 0.6) is 0 Å². The Kier molecular flexibility index (Phi) is 3.83. The zero-order chi connectivity index (χ0) is 14.9. The van der Waals surface area contributed by atoms with Crippen LogP contribution in [0.4, 0.5) is 8.78 Å². The van der Waals surface area contributed by atoms with Gasteiger partial charge in [-0.05, 0) is 24.1 Å². The smallest absolute Gasteiger partial charge is 0.341 e. The van der Waals surface area contributed by atoms with Crippen molar-refractivity contribution in [1.29, 1.82) is 0 Å². The zero-order valence-corrected chi connectivity index (χ0v) is 11.0. The van der Waals surface area contributed by atoms with E-state index in [0.29, 0.717) is 6.42 Å². The molecule has 0 fully saturated rings. The third kappa shape index (κ3) is 2.68. The van der Waals surface area contributed by atoms with Crippen molar-refractivity contribution in [2.24, 2.45) is 5.92 Å². The van der Waals surface area contributed by atoms with Crippen LogP contribution < -0.4 is 0 Å². The summed E-state index contributed by atoms with van der Waals surface area (Å²) in [7, 11) is 0. The molecule has 0 saturated carbocycles. The number of rotatable bonds is 4. The van der Waals surface area contributed by atoms with E-state index in [4.69, 9.17) is 4.52 Å². The Bertz CT molecular complexity index is 650. The third-order valence-electron chi connectivity index (χ3n) is 2.76. The lowest BCUT2D eigenvalue weighted by Gasteiger charge is -2.02. The summed E-state index contributed by atoms with van der Waals surface area (Å²) >= 11 is 0. The largest absolute Gasteiger partial charge is 0.477 e. The van der Waals surface area contributed by atoms with Gasteiger partial charge in [0, 0.05) is 12.0 Å². The van der Waals surface area contributed by atoms with Gasteiger partial charge < -0.3 is 9.63 Å². The molecule has 1 heterocycles. The minimum Gasteiger partial charge on any atom is -0.477 e. The maximum absolute atomic E-state index is 13.2. The van der Waals surface area contributed by atoms with Crippen molar-refractivity contribution in [3.63, 3.8) is 0 Å². The Morgan fingerprint density at radius 1 is 1.35 bits per heavy atom. The summed E-state index contributed by atoms with van der Waals surface area (Å²) in [6, 6.07) is 3.09. The summed E-state index contributed by atoms with van der Waals surface area (Å²) in [4.78, 5) is 11.3. The maximum atomic E-state index is 13.2. The first kappa shape index (κ1) is 14.2. The average molecular weight is 281 g/mol. The van der Waals surface area contributed by atoms with Gasteiger partial charge in [0.2, 0.25) is 0 Å². The molecule has 1 N–H and O–H groups in total. The summed E-state index contributed by atoms with van der Waals surface area (Å²) in [6.45, 7) is 3.82. The number of hydrogen-bond acceptors (Lipinski definition) is 3. The number of nitrogens with zero attached hydrogens (tertiary/aromatic N) is 1. The third-order valence-corrected chi connectivity index (χ3v) is 2.76. The first-order chi connectivity index (χ1) is 9.40. The van der Waals surface area contributed by atoms with Crippen LogP contribution in [0.15, 0.2) is 22.7 Å². The maximum Gasteiger partial charge on any atom is 0.341 e. The standard InChI is InChI=1S/C14H13F2NO3/c1-7(2)5-11-12(14(18)19)13(17-20-11)8-3-4-9(15)10(16)6-8/h3-4,6-7H,5H2,1-2H3,(H,18,19). The number of aromatic carboxylic acids is 1. The highest BCUT2D eigenvalue weighted by molar-refractivity contribution is 5.95. The van der Waals surface area contributed by atoms with Gasteiger partial charge in [-0.15, -0.1) is 0 Å². The second kappa shape index (κ2) is 5.40.